The van der Waals surface area contributed by atoms with E-state index in [-0.39, 0.29) is 11.9 Å². The van der Waals surface area contributed by atoms with Gasteiger partial charge in [0, 0.05) is 12.2 Å². The van der Waals surface area contributed by atoms with Gasteiger partial charge in [-0.15, -0.1) is 0 Å². The number of carbonyl (C=O) groups excluding carboxylic acids is 4. The normalized spacial score (nSPS) is 15.4. The molecule has 8 heteroatoms. The molecule has 1 rings (SSSR count). The van der Waals surface area contributed by atoms with Gasteiger partial charge in [-0.3, -0.25) is 9.59 Å². The van der Waals surface area contributed by atoms with Crippen molar-refractivity contribution in [1.82, 2.24) is 0 Å². The van der Waals surface area contributed by atoms with Crippen LogP contribution in [0, 0.1) is 11.8 Å². The van der Waals surface area contributed by atoms with Crippen LogP contribution in [-0.4, -0.2) is 52.3 Å². The number of carbonyl (C=O) groups is 4. The van der Waals surface area contributed by atoms with E-state index >= 15 is 0 Å². The van der Waals surface area contributed by atoms with Crippen molar-refractivity contribution in [2.75, 3.05) is 28.4 Å². The standard InChI is InChI=1S/C21H32O4.C15H24.C6H8O4/c1-15(2)8-6-9-16(3)10-7-11-17-12-13-18(20(22)24-4)19(14-17)21(23)25-5;1-6-14(4)10-8-12-15(5)11-7-9-13(2)3;1-9-5(7)3-4-6(8)10-2/h8,10,12,18-19H,6-7,9,11,13-14H2,1-5H3;6,9,12H,1,4,7-8,10-11H2,2-3,5H3;3-4H,1-2H3/b16-10+;15-12+;4-3-/t18-,19+;;/m0../s1. The molecule has 0 bridgehead atoms. The molecule has 0 heterocycles. The highest BCUT2D eigenvalue weighted by Crippen LogP contribution is 2.33. The lowest BCUT2D eigenvalue weighted by Gasteiger charge is -2.27. The summed E-state index contributed by atoms with van der Waals surface area (Å²) in [5.74, 6) is -2.67. The predicted molar refractivity (Wildman–Crippen MR) is 204 cm³/mol. The number of allylic oxidation sites excluding steroid dienone is 12. The highest BCUT2D eigenvalue weighted by atomic mass is 16.5. The zero-order chi connectivity index (χ0) is 38.5. The summed E-state index contributed by atoms with van der Waals surface area (Å²) in [7, 11) is 5.18. The van der Waals surface area contributed by atoms with E-state index in [0.29, 0.717) is 12.8 Å². The van der Waals surface area contributed by atoms with Gasteiger partial charge in [-0.1, -0.05) is 83.1 Å². The molecule has 0 aliphatic heterocycles. The summed E-state index contributed by atoms with van der Waals surface area (Å²) in [6.45, 7) is 20.5. The van der Waals surface area contributed by atoms with E-state index in [2.05, 4.69) is 94.6 Å². The van der Waals surface area contributed by atoms with E-state index in [0.717, 1.165) is 62.7 Å². The van der Waals surface area contributed by atoms with Crippen molar-refractivity contribution in [2.24, 2.45) is 11.8 Å². The molecule has 1 aliphatic rings. The van der Waals surface area contributed by atoms with Crippen LogP contribution < -0.4 is 0 Å². The Kier molecular flexibility index (Phi) is 28.5. The summed E-state index contributed by atoms with van der Waals surface area (Å²) in [4.78, 5) is 44.5. The van der Waals surface area contributed by atoms with Crippen LogP contribution in [-0.2, 0) is 38.1 Å². The fourth-order valence-corrected chi connectivity index (χ4v) is 4.74. The smallest absolute Gasteiger partial charge is 0.330 e. The van der Waals surface area contributed by atoms with Crippen LogP contribution in [0.1, 0.15) is 106 Å². The molecule has 1 aliphatic carbocycles. The molecule has 0 unspecified atom stereocenters. The lowest BCUT2D eigenvalue weighted by atomic mass is 9.78. The molecule has 0 radical (unpaired) electrons. The number of ether oxygens (including phenoxy) is 4. The topological polar surface area (TPSA) is 105 Å². The minimum Gasteiger partial charge on any atom is -0.469 e. The molecule has 0 aromatic heterocycles. The van der Waals surface area contributed by atoms with E-state index in [9.17, 15) is 19.2 Å². The fraction of sp³-hybridized carbons (Fsp3) is 0.524. The molecule has 0 N–H and O–H groups in total. The molecule has 0 amide bonds. The highest BCUT2D eigenvalue weighted by molar-refractivity contribution is 5.91. The van der Waals surface area contributed by atoms with Gasteiger partial charge in [-0.05, 0) is 106 Å². The van der Waals surface area contributed by atoms with Gasteiger partial charge >= 0.3 is 23.9 Å². The second kappa shape index (κ2) is 29.7. The fourth-order valence-electron chi connectivity index (χ4n) is 4.74. The van der Waals surface area contributed by atoms with Crippen LogP contribution in [0.4, 0.5) is 0 Å². The molecule has 50 heavy (non-hydrogen) atoms. The number of rotatable bonds is 17. The van der Waals surface area contributed by atoms with Crippen LogP contribution in [0.2, 0.25) is 0 Å². The van der Waals surface area contributed by atoms with E-state index in [1.807, 2.05) is 6.08 Å². The predicted octanol–water partition coefficient (Wildman–Crippen LogP) is 9.85. The Hall–Kier alpha value is -4.20. The molecule has 0 aromatic carbocycles. The van der Waals surface area contributed by atoms with Gasteiger partial charge < -0.3 is 18.9 Å². The van der Waals surface area contributed by atoms with Gasteiger partial charge in [0.25, 0.3) is 0 Å². The van der Waals surface area contributed by atoms with Gasteiger partial charge in [-0.25, -0.2) is 9.59 Å². The van der Waals surface area contributed by atoms with Crippen molar-refractivity contribution in [2.45, 2.75) is 106 Å². The Balaban J connectivity index is 0. The summed E-state index contributed by atoms with van der Waals surface area (Å²) < 4.78 is 18.1. The van der Waals surface area contributed by atoms with Gasteiger partial charge in [0.15, 0.2) is 0 Å². The summed E-state index contributed by atoms with van der Waals surface area (Å²) in [6, 6.07) is 0. The number of hydrogen-bond donors (Lipinski definition) is 0. The van der Waals surface area contributed by atoms with Crippen molar-refractivity contribution < 1.29 is 38.1 Å². The van der Waals surface area contributed by atoms with Gasteiger partial charge in [0.2, 0.25) is 0 Å². The Bertz CT molecular complexity index is 1250. The van der Waals surface area contributed by atoms with Crippen LogP contribution in [0.15, 0.2) is 95.2 Å². The average Bonchev–Trinajstić information content (AvgIpc) is 3.09. The first kappa shape index (κ1) is 47.9. The minimum atomic E-state index is -0.578. The van der Waals surface area contributed by atoms with Crippen molar-refractivity contribution in [1.29, 1.82) is 0 Å². The summed E-state index contributed by atoms with van der Waals surface area (Å²) in [6.07, 6.45) is 24.7. The molecule has 0 aromatic rings. The van der Waals surface area contributed by atoms with Crippen molar-refractivity contribution >= 4 is 23.9 Å². The summed E-state index contributed by atoms with van der Waals surface area (Å²) in [5.41, 5.74) is 7.99. The molecule has 8 nitrogen and oxygen atoms in total. The SMILES string of the molecule is C=CC(=C)CC/C=C(\C)CCC=C(C)C.COC(=O)/C=C\C(=O)OC.COC(=O)[C@H]1CC=C(CC/C=C(\C)CCC=C(C)C)C[C@H]1C(=O)OC. The second-order valence-electron chi connectivity index (χ2n) is 12.6. The zero-order valence-electron chi connectivity index (χ0n) is 32.5. The Morgan fingerprint density at radius 2 is 1.10 bits per heavy atom. The van der Waals surface area contributed by atoms with Crippen molar-refractivity contribution in [3.05, 3.63) is 95.2 Å². The second-order valence-corrected chi connectivity index (χ2v) is 12.6. The lowest BCUT2D eigenvalue weighted by Crippen LogP contribution is -2.33. The third-order valence-electron chi connectivity index (χ3n) is 7.78. The molecule has 0 saturated carbocycles. The molecular formula is C42H64O8. The summed E-state index contributed by atoms with van der Waals surface area (Å²) in [5, 5.41) is 0. The van der Waals surface area contributed by atoms with E-state index in [4.69, 9.17) is 9.47 Å². The number of methoxy groups -OCH3 is 4. The molecule has 280 valence electrons. The van der Waals surface area contributed by atoms with Crippen LogP contribution in [0.3, 0.4) is 0 Å². The van der Waals surface area contributed by atoms with Crippen LogP contribution in [0.25, 0.3) is 0 Å². The zero-order valence-corrected chi connectivity index (χ0v) is 32.5. The maximum atomic E-state index is 12.0. The average molecular weight is 697 g/mol. The Labute approximate surface area is 302 Å². The maximum Gasteiger partial charge on any atom is 0.330 e. The van der Waals surface area contributed by atoms with Gasteiger partial charge in [0.05, 0.1) is 40.3 Å². The molecular weight excluding hydrogens is 632 g/mol. The first-order valence-electron chi connectivity index (χ1n) is 17.2. The highest BCUT2D eigenvalue weighted by Gasteiger charge is 2.37. The number of hydrogen-bond acceptors (Lipinski definition) is 8. The summed E-state index contributed by atoms with van der Waals surface area (Å²) >= 11 is 0. The first-order chi connectivity index (χ1) is 23.6. The third kappa shape index (κ3) is 25.8. The first-order valence-corrected chi connectivity index (χ1v) is 17.2. The van der Waals surface area contributed by atoms with Crippen molar-refractivity contribution in [3.8, 4) is 0 Å². The van der Waals surface area contributed by atoms with Crippen LogP contribution >= 0.6 is 0 Å². The lowest BCUT2D eigenvalue weighted by molar-refractivity contribution is -0.157. The quantitative estimate of drug-likeness (QED) is 0.0487. The monoisotopic (exact) mass is 696 g/mol. The molecule has 0 spiro atoms. The van der Waals surface area contributed by atoms with E-state index in [1.165, 1.54) is 62.7 Å². The minimum absolute atomic E-state index is 0.325. The largest absolute Gasteiger partial charge is 0.469 e. The Morgan fingerprint density at radius 1 is 0.660 bits per heavy atom. The molecule has 0 saturated heterocycles. The van der Waals surface area contributed by atoms with Gasteiger partial charge in [0.1, 0.15) is 0 Å². The molecule has 2 atom stereocenters. The van der Waals surface area contributed by atoms with E-state index < -0.39 is 23.8 Å². The third-order valence-corrected chi connectivity index (χ3v) is 7.78. The van der Waals surface area contributed by atoms with Crippen molar-refractivity contribution in [3.63, 3.8) is 0 Å². The van der Waals surface area contributed by atoms with Gasteiger partial charge in [-0.2, -0.15) is 0 Å². The van der Waals surface area contributed by atoms with E-state index in [1.54, 1.807) is 0 Å². The Morgan fingerprint density at radius 3 is 1.52 bits per heavy atom. The molecule has 0 fully saturated rings. The van der Waals surface area contributed by atoms with Crippen LogP contribution in [0.5, 0.6) is 0 Å². The number of esters is 4. The maximum absolute atomic E-state index is 12.0.